The summed E-state index contributed by atoms with van der Waals surface area (Å²) in [5.41, 5.74) is 5.52. The molecule has 6 nitrogen and oxygen atoms in total. The predicted molar refractivity (Wildman–Crippen MR) is 81.6 cm³/mol. The monoisotopic (exact) mass is 306 g/mol. The Balaban J connectivity index is 1.78. The normalized spacial score (nSPS) is 17.7. The van der Waals surface area contributed by atoms with Gasteiger partial charge in [0.05, 0.1) is 0 Å². The van der Waals surface area contributed by atoms with Crippen molar-refractivity contribution in [1.29, 1.82) is 0 Å². The van der Waals surface area contributed by atoms with Gasteiger partial charge >= 0.3 is 0 Å². The third-order valence-corrected chi connectivity index (χ3v) is 3.57. The van der Waals surface area contributed by atoms with E-state index in [0.717, 1.165) is 32.5 Å². The fraction of sp³-hybridized carbons (Fsp3) is 0.500. The second kappa shape index (κ2) is 8.38. The van der Waals surface area contributed by atoms with E-state index in [1.54, 1.807) is 24.3 Å². The van der Waals surface area contributed by atoms with E-state index in [1.807, 2.05) is 0 Å². The summed E-state index contributed by atoms with van der Waals surface area (Å²) in [5, 5.41) is 2.90. The first-order valence-corrected chi connectivity index (χ1v) is 7.52. The number of carbonyl (C=O) groups excluding carboxylic acids is 2. The van der Waals surface area contributed by atoms with Gasteiger partial charge < -0.3 is 20.5 Å². The molecule has 120 valence electrons. The van der Waals surface area contributed by atoms with Crippen molar-refractivity contribution in [2.45, 2.75) is 19.3 Å². The summed E-state index contributed by atoms with van der Waals surface area (Å²) in [4.78, 5) is 22.8. The van der Waals surface area contributed by atoms with Crippen LogP contribution in [0.5, 0.6) is 5.75 Å². The lowest BCUT2D eigenvalue weighted by atomic mass is 9.99. The maximum absolute atomic E-state index is 12.1. The highest BCUT2D eigenvalue weighted by atomic mass is 16.5. The van der Waals surface area contributed by atoms with Crippen LogP contribution in [-0.4, -0.2) is 38.2 Å². The Morgan fingerprint density at radius 3 is 3.00 bits per heavy atom. The van der Waals surface area contributed by atoms with E-state index in [4.69, 9.17) is 15.2 Å². The van der Waals surface area contributed by atoms with Crippen LogP contribution in [0.3, 0.4) is 0 Å². The minimum Gasteiger partial charge on any atom is -0.484 e. The number of benzene rings is 1. The van der Waals surface area contributed by atoms with Gasteiger partial charge in [-0.3, -0.25) is 9.59 Å². The molecule has 1 saturated heterocycles. The van der Waals surface area contributed by atoms with Crippen molar-refractivity contribution in [3.8, 4) is 5.75 Å². The number of nitrogens with two attached hydrogens (primary N) is 1. The maximum atomic E-state index is 12.1. The van der Waals surface area contributed by atoms with Crippen LogP contribution >= 0.6 is 0 Å². The summed E-state index contributed by atoms with van der Waals surface area (Å²) >= 11 is 0. The van der Waals surface area contributed by atoms with Crippen LogP contribution in [0, 0.1) is 5.92 Å². The molecule has 6 heteroatoms. The second-order valence-corrected chi connectivity index (χ2v) is 5.41. The average molecular weight is 306 g/mol. The molecule has 0 unspecified atom stereocenters. The van der Waals surface area contributed by atoms with Crippen molar-refractivity contribution < 1.29 is 19.1 Å². The molecular weight excluding hydrogens is 284 g/mol. The van der Waals surface area contributed by atoms with E-state index in [-0.39, 0.29) is 12.5 Å². The molecule has 1 aliphatic heterocycles. The summed E-state index contributed by atoms with van der Waals surface area (Å²) < 4.78 is 10.6. The van der Waals surface area contributed by atoms with Crippen molar-refractivity contribution in [3.63, 3.8) is 0 Å². The number of primary amides is 1. The number of hydrogen-bond acceptors (Lipinski definition) is 4. The highest BCUT2D eigenvalue weighted by molar-refractivity contribution is 5.94. The van der Waals surface area contributed by atoms with E-state index < -0.39 is 5.91 Å². The zero-order chi connectivity index (χ0) is 15.8. The molecule has 3 N–H and O–H groups in total. The molecule has 1 atom stereocenters. The van der Waals surface area contributed by atoms with Crippen LogP contribution in [0.4, 0.5) is 0 Å². The molecule has 0 bridgehead atoms. The Kier molecular flexibility index (Phi) is 6.21. The topological polar surface area (TPSA) is 90.7 Å². The molecule has 0 aliphatic carbocycles. The Bertz CT molecular complexity index is 513. The number of amides is 2. The van der Waals surface area contributed by atoms with E-state index in [9.17, 15) is 9.59 Å². The SMILES string of the molecule is NC(=O)COc1cccc(C(=O)NCC[C@@H]2CCCOC2)c1. The maximum Gasteiger partial charge on any atom is 0.255 e. The molecule has 1 heterocycles. The molecule has 1 aromatic carbocycles. The van der Waals surface area contributed by atoms with E-state index in [1.165, 1.54) is 0 Å². The first-order valence-electron chi connectivity index (χ1n) is 7.52. The number of hydrogen-bond donors (Lipinski definition) is 2. The summed E-state index contributed by atoms with van der Waals surface area (Å²) in [5.74, 6) is 0.275. The van der Waals surface area contributed by atoms with Crippen LogP contribution in [0.2, 0.25) is 0 Å². The summed E-state index contributed by atoms with van der Waals surface area (Å²) in [6.45, 7) is 2.05. The lowest BCUT2D eigenvalue weighted by Gasteiger charge is -2.21. The molecule has 0 radical (unpaired) electrons. The van der Waals surface area contributed by atoms with Gasteiger partial charge in [-0.1, -0.05) is 6.07 Å². The van der Waals surface area contributed by atoms with Crippen LogP contribution in [0.1, 0.15) is 29.6 Å². The Morgan fingerprint density at radius 2 is 2.27 bits per heavy atom. The highest BCUT2D eigenvalue weighted by Crippen LogP contribution is 2.17. The first kappa shape index (κ1) is 16.3. The van der Waals surface area contributed by atoms with Gasteiger partial charge in [-0.15, -0.1) is 0 Å². The van der Waals surface area contributed by atoms with Crippen molar-refractivity contribution in [2.75, 3.05) is 26.4 Å². The molecule has 2 amide bonds. The summed E-state index contributed by atoms with van der Waals surface area (Å²) in [6, 6.07) is 6.69. The molecule has 1 fully saturated rings. The van der Waals surface area contributed by atoms with E-state index in [0.29, 0.717) is 23.8 Å². The molecule has 0 saturated carbocycles. The standard InChI is InChI=1S/C16H22N2O4/c17-15(19)11-22-14-5-1-4-13(9-14)16(20)18-7-6-12-3-2-8-21-10-12/h1,4-5,9,12H,2-3,6-8,10-11H2,(H2,17,19)(H,18,20)/t12-/m0/s1. The molecule has 2 rings (SSSR count). The van der Waals surface area contributed by atoms with Crippen LogP contribution < -0.4 is 15.8 Å². The summed E-state index contributed by atoms with van der Waals surface area (Å²) in [7, 11) is 0. The zero-order valence-corrected chi connectivity index (χ0v) is 12.5. The van der Waals surface area contributed by atoms with Crippen LogP contribution in [-0.2, 0) is 9.53 Å². The Hall–Kier alpha value is -2.08. The number of ether oxygens (including phenoxy) is 2. The van der Waals surface area contributed by atoms with Gasteiger partial charge in [0.2, 0.25) is 0 Å². The largest absolute Gasteiger partial charge is 0.484 e. The lowest BCUT2D eigenvalue weighted by molar-refractivity contribution is -0.119. The Labute approximate surface area is 130 Å². The molecule has 1 aromatic rings. The highest BCUT2D eigenvalue weighted by Gasteiger charge is 2.14. The molecule has 22 heavy (non-hydrogen) atoms. The van der Waals surface area contributed by atoms with Gasteiger partial charge in [0.15, 0.2) is 6.61 Å². The van der Waals surface area contributed by atoms with E-state index in [2.05, 4.69) is 5.32 Å². The summed E-state index contributed by atoms with van der Waals surface area (Å²) in [6.07, 6.45) is 3.17. The molecule has 0 aromatic heterocycles. The van der Waals surface area contributed by atoms with Crippen molar-refractivity contribution in [2.24, 2.45) is 11.7 Å². The van der Waals surface area contributed by atoms with Crippen LogP contribution in [0.15, 0.2) is 24.3 Å². The van der Waals surface area contributed by atoms with Crippen molar-refractivity contribution >= 4 is 11.8 Å². The predicted octanol–water partition coefficient (Wildman–Crippen LogP) is 1.10. The first-order chi connectivity index (χ1) is 10.6. The Morgan fingerprint density at radius 1 is 1.41 bits per heavy atom. The van der Waals surface area contributed by atoms with Gasteiger partial charge in [0.1, 0.15) is 5.75 Å². The zero-order valence-electron chi connectivity index (χ0n) is 12.5. The number of nitrogens with one attached hydrogen (secondary N) is 1. The van der Waals surface area contributed by atoms with Crippen LogP contribution in [0.25, 0.3) is 0 Å². The second-order valence-electron chi connectivity index (χ2n) is 5.41. The minimum atomic E-state index is -0.551. The van der Waals surface area contributed by atoms with Gasteiger partial charge in [-0.25, -0.2) is 0 Å². The van der Waals surface area contributed by atoms with Gasteiger partial charge in [-0.2, -0.15) is 0 Å². The fourth-order valence-corrected chi connectivity index (χ4v) is 2.41. The number of carbonyl (C=O) groups is 2. The van der Waals surface area contributed by atoms with Gasteiger partial charge in [0.25, 0.3) is 11.8 Å². The van der Waals surface area contributed by atoms with Gasteiger partial charge in [0, 0.05) is 25.3 Å². The van der Waals surface area contributed by atoms with Crippen molar-refractivity contribution in [3.05, 3.63) is 29.8 Å². The third kappa shape index (κ3) is 5.37. The van der Waals surface area contributed by atoms with E-state index >= 15 is 0 Å². The average Bonchev–Trinajstić information content (AvgIpc) is 2.54. The molecule has 0 spiro atoms. The number of rotatable bonds is 7. The fourth-order valence-electron chi connectivity index (χ4n) is 2.41. The molecule has 1 aliphatic rings. The quantitative estimate of drug-likeness (QED) is 0.789. The minimum absolute atomic E-state index is 0.152. The smallest absolute Gasteiger partial charge is 0.255 e. The third-order valence-electron chi connectivity index (χ3n) is 3.57. The molecular formula is C16H22N2O4. The lowest BCUT2D eigenvalue weighted by Crippen LogP contribution is -2.28. The van der Waals surface area contributed by atoms with Gasteiger partial charge in [-0.05, 0) is 43.4 Å². The van der Waals surface area contributed by atoms with Crippen molar-refractivity contribution in [1.82, 2.24) is 5.32 Å².